The highest BCUT2D eigenvalue weighted by Gasteiger charge is 2.35. The number of benzene rings is 3. The van der Waals surface area contributed by atoms with Gasteiger partial charge in [-0.1, -0.05) is 84.5 Å². The molecule has 2 aromatic heterocycles. The van der Waals surface area contributed by atoms with E-state index >= 15 is 0 Å². The van der Waals surface area contributed by atoms with Crippen LogP contribution in [0.15, 0.2) is 118 Å². The summed E-state index contributed by atoms with van der Waals surface area (Å²) in [4.78, 5) is 39.1. The van der Waals surface area contributed by atoms with Crippen LogP contribution in [-0.4, -0.2) is 68.8 Å². The molecule has 0 spiro atoms. The molecule has 0 radical (unpaired) electrons. The molecule has 0 aliphatic heterocycles. The van der Waals surface area contributed by atoms with Crippen LogP contribution < -0.4 is 0 Å². The molecule has 1 aliphatic rings. The number of hydrogen-bond acceptors (Lipinski definition) is 8. The van der Waals surface area contributed by atoms with E-state index in [1.54, 1.807) is 36.7 Å². The van der Waals surface area contributed by atoms with Crippen molar-refractivity contribution in [2.75, 3.05) is 26.4 Å². The van der Waals surface area contributed by atoms with Gasteiger partial charge in [0.05, 0.1) is 22.5 Å². The van der Waals surface area contributed by atoms with E-state index in [4.69, 9.17) is 55.9 Å². The third-order valence-electron chi connectivity index (χ3n) is 7.80. The highest BCUT2D eigenvalue weighted by Crippen LogP contribution is 2.39. The van der Waals surface area contributed by atoms with Gasteiger partial charge in [0.2, 0.25) is 11.6 Å². The maximum atomic E-state index is 13.1. The number of hydrogen-bond donors (Lipinski definition) is 0. The number of carbonyl (C=O) groups excluding carboxylic acids is 2. The molecule has 0 saturated carbocycles. The highest BCUT2D eigenvalue weighted by molar-refractivity contribution is 6.59. The number of fused-ring (bicyclic) bond motifs is 1. The second-order valence-electron chi connectivity index (χ2n) is 12.3. The number of halogens is 10. The van der Waals surface area contributed by atoms with E-state index in [0.29, 0.717) is 36.0 Å². The Bertz CT molecular complexity index is 2170. The zero-order chi connectivity index (χ0) is 44.0. The summed E-state index contributed by atoms with van der Waals surface area (Å²) in [7, 11) is 0. The molecule has 0 unspecified atom stereocenters. The van der Waals surface area contributed by atoms with Crippen molar-refractivity contribution < 1.29 is 45.4 Å². The van der Waals surface area contributed by atoms with Gasteiger partial charge < -0.3 is 9.47 Å². The van der Waals surface area contributed by atoms with Crippen LogP contribution in [-0.2, 0) is 21.8 Å². The van der Waals surface area contributed by atoms with Gasteiger partial charge >= 0.3 is 12.4 Å². The smallest absolute Gasteiger partial charge is 0.374 e. The molecule has 10 nitrogen and oxygen atoms in total. The summed E-state index contributed by atoms with van der Waals surface area (Å²) in [6.07, 6.45) is 1.63. The van der Waals surface area contributed by atoms with Crippen molar-refractivity contribution in [2.24, 2.45) is 9.98 Å². The number of imidazole rings is 2. The summed E-state index contributed by atoms with van der Waals surface area (Å²) in [5.74, 6) is -0.175. The van der Waals surface area contributed by atoms with Gasteiger partial charge in [-0.15, -0.1) is 0 Å². The molecular weight excluding hydrogens is 884 g/mol. The average Bonchev–Trinajstić information content (AvgIpc) is 3.96. The highest BCUT2D eigenvalue weighted by atomic mass is 35.5. The van der Waals surface area contributed by atoms with Gasteiger partial charge in [0.15, 0.2) is 0 Å². The minimum atomic E-state index is -4.55. The Labute approximate surface area is 360 Å². The molecule has 0 amide bonds. The molecule has 60 heavy (non-hydrogen) atoms. The van der Waals surface area contributed by atoms with Gasteiger partial charge in [0.25, 0.3) is 0 Å². The summed E-state index contributed by atoms with van der Waals surface area (Å²) in [6, 6.07) is 13.4. The third kappa shape index (κ3) is 13.3. The lowest BCUT2D eigenvalue weighted by Crippen LogP contribution is -2.18. The molecule has 20 heteroatoms. The number of ketones is 2. The summed E-state index contributed by atoms with van der Waals surface area (Å²) in [6.45, 7) is 5.00. The molecule has 3 aromatic carbocycles. The number of rotatable bonds is 10. The lowest BCUT2D eigenvalue weighted by molar-refractivity contribution is -0.137. The van der Waals surface area contributed by atoms with Crippen LogP contribution in [0, 0.1) is 0 Å². The molecule has 1 aliphatic carbocycles. The first kappa shape index (κ1) is 47.8. The predicted molar refractivity (Wildman–Crippen MR) is 218 cm³/mol. The number of aromatic nitrogens is 4. The Morgan fingerprint density at radius 2 is 1.02 bits per heavy atom. The topological polar surface area (TPSA) is 113 Å². The average molecular weight is 919 g/mol. The fraction of sp³-hybridized carbons (Fsp3) is 0.250. The van der Waals surface area contributed by atoms with E-state index in [1.165, 1.54) is 58.4 Å². The van der Waals surface area contributed by atoms with E-state index in [1.807, 2.05) is 13.8 Å². The summed E-state index contributed by atoms with van der Waals surface area (Å²) < 4.78 is 92.7. The van der Waals surface area contributed by atoms with Crippen LogP contribution >= 0.6 is 46.4 Å². The lowest BCUT2D eigenvalue weighted by atomic mass is 9.95. The van der Waals surface area contributed by atoms with Crippen LogP contribution in [0.4, 0.5) is 37.7 Å². The number of nitrogens with zero attached hydrogens (tertiary/aromatic N) is 6. The first-order valence-corrected chi connectivity index (χ1v) is 19.2. The Morgan fingerprint density at radius 1 is 0.633 bits per heavy atom. The number of ether oxygens (including phenoxy) is 2. The molecule has 6 rings (SSSR count). The molecule has 0 N–H and O–H groups in total. The van der Waals surface area contributed by atoms with E-state index in [0.717, 1.165) is 25.0 Å². The largest absolute Gasteiger partial charge is 0.418 e. The van der Waals surface area contributed by atoms with Crippen molar-refractivity contribution in [3.63, 3.8) is 0 Å². The van der Waals surface area contributed by atoms with Crippen molar-refractivity contribution in [3.05, 3.63) is 140 Å². The Morgan fingerprint density at radius 3 is 1.33 bits per heavy atom. The summed E-state index contributed by atoms with van der Waals surface area (Å²) in [5, 5.41) is -0.392. The number of Topliss-reactive ketones (excluding diaryl/α,β-unsaturated/α-hetero) is 2. The fourth-order valence-electron chi connectivity index (χ4n) is 5.03. The van der Waals surface area contributed by atoms with Crippen LogP contribution in [0.25, 0.3) is 0 Å². The van der Waals surface area contributed by atoms with E-state index in [-0.39, 0.29) is 44.7 Å². The second-order valence-corrected chi connectivity index (χ2v) is 13.9. The van der Waals surface area contributed by atoms with Gasteiger partial charge in [-0.3, -0.25) is 18.7 Å². The first-order chi connectivity index (χ1) is 28.5. The predicted octanol–water partition coefficient (Wildman–Crippen LogP) is 11.9. The van der Waals surface area contributed by atoms with Gasteiger partial charge in [0.1, 0.15) is 47.6 Å². The van der Waals surface area contributed by atoms with Crippen molar-refractivity contribution >= 4 is 81.0 Å². The van der Waals surface area contributed by atoms with Crippen LogP contribution in [0.3, 0.4) is 0 Å². The van der Waals surface area contributed by atoms with E-state index in [9.17, 15) is 35.9 Å². The first-order valence-electron chi connectivity index (χ1n) is 17.7. The monoisotopic (exact) mass is 916 g/mol. The van der Waals surface area contributed by atoms with Gasteiger partial charge in [0, 0.05) is 59.2 Å². The molecule has 0 saturated heterocycles. The van der Waals surface area contributed by atoms with Crippen LogP contribution in [0.5, 0.6) is 0 Å². The molecule has 0 fully saturated rings. The van der Waals surface area contributed by atoms with E-state index < -0.39 is 35.0 Å². The zero-order valence-corrected chi connectivity index (χ0v) is 34.6. The number of alkyl halides is 6. The van der Waals surface area contributed by atoms with Crippen molar-refractivity contribution in [2.45, 2.75) is 39.0 Å². The molecule has 318 valence electrons. The second kappa shape index (κ2) is 22.1. The van der Waals surface area contributed by atoms with Crippen molar-refractivity contribution in [3.8, 4) is 0 Å². The molecule has 0 bridgehead atoms. The van der Waals surface area contributed by atoms with Gasteiger partial charge in [-0.25, -0.2) is 20.0 Å². The molecular formula is C40H34Cl4F6N6O4. The lowest BCUT2D eigenvalue weighted by Gasteiger charge is -2.13. The number of allylic oxidation sites excluding steroid dienone is 2. The maximum Gasteiger partial charge on any atom is 0.418 e. The third-order valence-corrected chi connectivity index (χ3v) is 9.09. The minimum absolute atomic E-state index is 0.00249. The van der Waals surface area contributed by atoms with Gasteiger partial charge in [-0.2, -0.15) is 26.3 Å². The normalized spacial score (nSPS) is 13.4. The summed E-state index contributed by atoms with van der Waals surface area (Å²) >= 11 is 22.6. The van der Waals surface area contributed by atoms with Gasteiger partial charge in [-0.05, 0) is 49.2 Å². The number of aliphatic imine (C=N–C) groups is 2. The number of carbonyl (C=O) groups is 2. The Kier molecular flexibility index (Phi) is 17.6. The summed E-state index contributed by atoms with van der Waals surface area (Å²) in [5.41, 5.74) is -1.59. The Hall–Kier alpha value is -4.84. The molecule has 5 aromatic rings. The fourth-order valence-corrected chi connectivity index (χ4v) is 5.75. The Balaban J connectivity index is 0.000000205. The van der Waals surface area contributed by atoms with Crippen LogP contribution in [0.1, 0.15) is 58.5 Å². The zero-order valence-electron chi connectivity index (χ0n) is 31.6. The SMILES string of the molecule is CCCOC/C(=N\c1ccc(Cl)cc1C(F)(F)F)n1ccnc1.CCCOC/C(=N\c1ccc(Cl)cc1C(F)(F)F)n1ccnc1.O=C1C(Cl)=C(Cl)C(=O)c2ccccc21. The maximum absolute atomic E-state index is 13.1. The molecule has 0 atom stereocenters. The van der Waals surface area contributed by atoms with Crippen molar-refractivity contribution in [1.29, 1.82) is 0 Å². The van der Waals surface area contributed by atoms with Crippen LogP contribution in [0.2, 0.25) is 10.0 Å². The standard InChI is InChI=1S/2C15H15ClF3N3O.C10H4Cl2O2/c2*1-2-7-23-9-14(22-6-5-20-10-22)21-13-4-3-11(16)8-12(13)15(17,18)19;11-7-8(12)10(14)6-4-2-1-3-5(6)9(7)13/h2*3-6,8,10H,2,7,9H2,1H3;1-4H/b2*21-14+;. The quantitative estimate of drug-likeness (QED) is 0.0597. The molecule has 2 heterocycles. The minimum Gasteiger partial charge on any atom is -0.374 e. The van der Waals surface area contributed by atoms with E-state index in [2.05, 4.69) is 20.0 Å². The van der Waals surface area contributed by atoms with Crippen molar-refractivity contribution in [1.82, 2.24) is 19.1 Å².